The molecule has 4 atom stereocenters. The number of hydrogen-bond donors (Lipinski definition) is 3. The van der Waals surface area contributed by atoms with E-state index in [0.29, 0.717) is 12.0 Å². The Bertz CT molecular complexity index is 1600. The van der Waals surface area contributed by atoms with Gasteiger partial charge in [0.15, 0.2) is 0 Å². The minimum atomic E-state index is -1.58. The standard InChI is InChI=1S/C30H28ClF2N5O3/c1-29(2,3)12-22-30(26-20(37-28(30)40)11-16(32)14-35-26)23(17-6-5-7-18(31)24(17)33)25(38-22)27(39)36-19-9-8-15(13-34)10-21(19)41-4/h5-11,14,22-23,25,38H,12H2,1-4H3,(H,36,39)(H,37,40). The lowest BCUT2D eigenvalue weighted by molar-refractivity contribution is -0.122. The Labute approximate surface area is 241 Å². The largest absolute Gasteiger partial charge is 0.495 e. The minimum Gasteiger partial charge on any atom is -0.495 e. The van der Waals surface area contributed by atoms with Gasteiger partial charge in [-0.2, -0.15) is 5.26 Å². The Kier molecular flexibility index (Phi) is 7.22. The summed E-state index contributed by atoms with van der Waals surface area (Å²) in [6.45, 7) is 5.95. The summed E-state index contributed by atoms with van der Waals surface area (Å²) in [6.07, 6.45) is 1.40. The summed E-state index contributed by atoms with van der Waals surface area (Å²) >= 11 is 6.21. The first-order valence-corrected chi connectivity index (χ1v) is 13.3. The van der Waals surface area contributed by atoms with Gasteiger partial charge in [0.2, 0.25) is 11.8 Å². The maximum Gasteiger partial charge on any atom is 0.242 e. The number of rotatable bonds is 5. The number of benzene rings is 2. The van der Waals surface area contributed by atoms with Crippen molar-refractivity contribution in [1.29, 1.82) is 5.26 Å². The predicted octanol–water partition coefficient (Wildman–Crippen LogP) is 5.28. The second-order valence-electron chi connectivity index (χ2n) is 11.5. The van der Waals surface area contributed by atoms with E-state index in [1.165, 1.54) is 43.5 Å². The molecule has 2 aromatic carbocycles. The molecule has 3 aromatic rings. The van der Waals surface area contributed by atoms with Crippen LogP contribution in [0.1, 0.15) is 49.9 Å². The molecule has 2 aliphatic heterocycles. The van der Waals surface area contributed by atoms with Crippen LogP contribution in [0.25, 0.3) is 0 Å². The van der Waals surface area contributed by atoms with Crippen LogP contribution in [0.2, 0.25) is 5.02 Å². The summed E-state index contributed by atoms with van der Waals surface area (Å²) in [7, 11) is 1.41. The molecule has 2 amide bonds. The van der Waals surface area contributed by atoms with E-state index < -0.39 is 46.9 Å². The number of fused-ring (bicyclic) bond motifs is 2. The molecule has 212 valence electrons. The van der Waals surface area contributed by atoms with Gasteiger partial charge < -0.3 is 20.7 Å². The zero-order valence-corrected chi connectivity index (χ0v) is 23.6. The fourth-order valence-corrected chi connectivity index (χ4v) is 6.23. The third-order valence-electron chi connectivity index (χ3n) is 7.63. The van der Waals surface area contributed by atoms with E-state index in [-0.39, 0.29) is 38.8 Å². The molecule has 0 aliphatic carbocycles. The van der Waals surface area contributed by atoms with E-state index in [1.807, 2.05) is 26.8 Å². The fourth-order valence-electron chi connectivity index (χ4n) is 6.05. The number of nitrogens with one attached hydrogen (secondary N) is 3. The van der Waals surface area contributed by atoms with Crippen LogP contribution in [-0.4, -0.2) is 36.0 Å². The first kappa shape index (κ1) is 28.5. The summed E-state index contributed by atoms with van der Waals surface area (Å²) in [5.41, 5.74) is -0.875. The van der Waals surface area contributed by atoms with Gasteiger partial charge in [-0.25, -0.2) is 8.78 Å². The highest BCUT2D eigenvalue weighted by Crippen LogP contribution is 2.56. The van der Waals surface area contributed by atoms with Gasteiger partial charge in [0.25, 0.3) is 0 Å². The van der Waals surface area contributed by atoms with Crippen molar-refractivity contribution in [2.45, 2.75) is 50.6 Å². The summed E-state index contributed by atoms with van der Waals surface area (Å²) in [4.78, 5) is 32.5. The van der Waals surface area contributed by atoms with E-state index >= 15 is 4.39 Å². The molecule has 0 bridgehead atoms. The van der Waals surface area contributed by atoms with E-state index in [2.05, 4.69) is 20.9 Å². The number of methoxy groups -OCH3 is 1. The molecule has 0 radical (unpaired) electrons. The number of amides is 2. The molecule has 1 saturated heterocycles. The molecule has 1 aromatic heterocycles. The molecule has 8 nitrogen and oxygen atoms in total. The molecule has 4 unspecified atom stereocenters. The van der Waals surface area contributed by atoms with Gasteiger partial charge in [0, 0.05) is 24.1 Å². The average molecular weight is 580 g/mol. The second-order valence-corrected chi connectivity index (χ2v) is 11.9. The van der Waals surface area contributed by atoms with Crippen molar-refractivity contribution in [3.8, 4) is 11.8 Å². The van der Waals surface area contributed by atoms with Crippen LogP contribution in [0.3, 0.4) is 0 Å². The van der Waals surface area contributed by atoms with Crippen molar-refractivity contribution in [3.63, 3.8) is 0 Å². The number of carbonyl (C=O) groups is 2. The van der Waals surface area contributed by atoms with Gasteiger partial charge in [0.1, 0.15) is 22.8 Å². The topological polar surface area (TPSA) is 116 Å². The van der Waals surface area contributed by atoms with Gasteiger partial charge in [-0.15, -0.1) is 0 Å². The number of aromatic nitrogens is 1. The first-order chi connectivity index (χ1) is 19.4. The molecule has 41 heavy (non-hydrogen) atoms. The minimum absolute atomic E-state index is 0.0440. The number of nitriles is 1. The summed E-state index contributed by atoms with van der Waals surface area (Å²) in [6, 6.07) is 10.3. The summed E-state index contributed by atoms with van der Waals surface area (Å²) in [5.74, 6) is -3.39. The summed E-state index contributed by atoms with van der Waals surface area (Å²) < 4.78 is 35.5. The second kappa shape index (κ2) is 10.4. The lowest BCUT2D eigenvalue weighted by atomic mass is 9.64. The number of nitrogens with zero attached hydrogens (tertiary/aromatic N) is 2. The van der Waals surface area contributed by atoms with Crippen molar-refractivity contribution in [2.75, 3.05) is 17.7 Å². The average Bonchev–Trinajstić information content (AvgIpc) is 3.39. The van der Waals surface area contributed by atoms with Crippen molar-refractivity contribution in [1.82, 2.24) is 10.3 Å². The van der Waals surface area contributed by atoms with E-state index in [4.69, 9.17) is 16.3 Å². The number of hydrogen-bond acceptors (Lipinski definition) is 6. The van der Waals surface area contributed by atoms with Gasteiger partial charge in [-0.1, -0.05) is 44.5 Å². The number of pyridine rings is 1. The third kappa shape index (κ3) is 4.79. The smallest absolute Gasteiger partial charge is 0.242 e. The van der Waals surface area contributed by atoms with Crippen LogP contribution in [-0.2, 0) is 15.0 Å². The van der Waals surface area contributed by atoms with Crippen LogP contribution in [0.5, 0.6) is 5.75 Å². The molecular formula is C30H28ClF2N5O3. The Balaban J connectivity index is 1.71. The number of ether oxygens (including phenoxy) is 1. The quantitative estimate of drug-likeness (QED) is 0.379. The van der Waals surface area contributed by atoms with E-state index in [1.54, 1.807) is 6.07 Å². The Morgan fingerprint density at radius 2 is 2.00 bits per heavy atom. The molecular weight excluding hydrogens is 552 g/mol. The van der Waals surface area contributed by atoms with Crippen LogP contribution < -0.4 is 20.7 Å². The zero-order valence-electron chi connectivity index (χ0n) is 22.8. The highest BCUT2D eigenvalue weighted by Gasteiger charge is 2.67. The highest BCUT2D eigenvalue weighted by atomic mass is 35.5. The monoisotopic (exact) mass is 579 g/mol. The van der Waals surface area contributed by atoms with Gasteiger partial charge in [-0.3, -0.25) is 14.6 Å². The molecule has 5 rings (SSSR count). The van der Waals surface area contributed by atoms with Gasteiger partial charge in [0.05, 0.1) is 53.1 Å². The Morgan fingerprint density at radius 3 is 2.68 bits per heavy atom. The summed E-state index contributed by atoms with van der Waals surface area (Å²) in [5, 5.41) is 18.0. The lowest BCUT2D eigenvalue weighted by Gasteiger charge is -2.36. The molecule has 0 saturated carbocycles. The van der Waals surface area contributed by atoms with Crippen molar-refractivity contribution < 1.29 is 23.1 Å². The number of carbonyl (C=O) groups excluding carboxylic acids is 2. The van der Waals surface area contributed by atoms with E-state index in [9.17, 15) is 19.2 Å². The van der Waals surface area contributed by atoms with Crippen LogP contribution >= 0.6 is 11.6 Å². The van der Waals surface area contributed by atoms with Crippen LogP contribution in [0.15, 0.2) is 48.7 Å². The molecule has 1 fully saturated rings. The third-order valence-corrected chi connectivity index (χ3v) is 7.92. The SMILES string of the molecule is COc1cc(C#N)ccc1NC(=O)C1NC(CC(C)(C)C)C2(C(=O)Nc3cc(F)cnc32)C1c1cccc(Cl)c1F. The van der Waals surface area contributed by atoms with Crippen molar-refractivity contribution in [2.24, 2.45) is 5.41 Å². The van der Waals surface area contributed by atoms with E-state index in [0.717, 1.165) is 6.20 Å². The predicted molar refractivity (Wildman–Crippen MR) is 150 cm³/mol. The fraction of sp³-hybridized carbons (Fsp3) is 0.333. The molecule has 11 heteroatoms. The maximum absolute atomic E-state index is 15.8. The van der Waals surface area contributed by atoms with Gasteiger partial charge >= 0.3 is 0 Å². The molecule has 2 aliphatic rings. The lowest BCUT2D eigenvalue weighted by Crippen LogP contribution is -2.50. The van der Waals surface area contributed by atoms with Crippen molar-refractivity contribution >= 4 is 34.8 Å². The van der Waals surface area contributed by atoms with Crippen LogP contribution in [0, 0.1) is 28.4 Å². The van der Waals surface area contributed by atoms with Crippen LogP contribution in [0.4, 0.5) is 20.2 Å². The molecule has 3 N–H and O–H groups in total. The number of anilines is 2. The Hall–Kier alpha value is -4.07. The molecule has 1 spiro atoms. The first-order valence-electron chi connectivity index (χ1n) is 13.0. The normalized spacial score (nSPS) is 23.2. The maximum atomic E-state index is 15.8. The highest BCUT2D eigenvalue weighted by molar-refractivity contribution is 6.30. The Morgan fingerprint density at radius 1 is 1.24 bits per heavy atom. The zero-order chi connectivity index (χ0) is 29.7. The molecule has 3 heterocycles. The van der Waals surface area contributed by atoms with Crippen molar-refractivity contribution in [3.05, 3.63) is 82.1 Å². The number of halogens is 3. The van der Waals surface area contributed by atoms with Gasteiger partial charge in [-0.05, 0) is 35.6 Å².